The molecule has 5 heteroatoms. The lowest BCUT2D eigenvalue weighted by molar-refractivity contribution is 0.628. The third-order valence-electron chi connectivity index (χ3n) is 2.95. The van der Waals surface area contributed by atoms with E-state index in [0.717, 1.165) is 26.6 Å². The maximum absolute atomic E-state index is 6.34. The van der Waals surface area contributed by atoms with Crippen molar-refractivity contribution in [2.45, 2.75) is 13.0 Å². The fourth-order valence-electron chi connectivity index (χ4n) is 2.06. The van der Waals surface area contributed by atoms with Crippen LogP contribution in [0, 0.1) is 0 Å². The molecular weight excluding hydrogens is 425 g/mol. The van der Waals surface area contributed by atoms with Crippen molar-refractivity contribution in [2.24, 2.45) is 0 Å². The first-order valence-electron chi connectivity index (χ1n) is 6.16. The van der Waals surface area contributed by atoms with E-state index in [-0.39, 0.29) is 6.04 Å². The zero-order valence-electron chi connectivity index (χ0n) is 10.8. The zero-order valence-corrected chi connectivity index (χ0v) is 15.4. The van der Waals surface area contributed by atoms with Crippen molar-refractivity contribution in [3.63, 3.8) is 0 Å². The molecule has 0 amide bonds. The van der Waals surface area contributed by atoms with Crippen LogP contribution in [-0.4, -0.2) is 6.54 Å². The topological polar surface area (TPSA) is 12.0 Å². The standard InChI is InChI=1S/C15H13Br2Cl2N/c1-2-20-15(11-5-3-9(16)7-13(11)17)12-8-10(18)4-6-14(12)19/h3-8,15,20H,2H2,1H3. The second-order valence-corrected chi connectivity index (χ2v) is 6.94. The normalized spacial score (nSPS) is 12.4. The van der Waals surface area contributed by atoms with Crippen LogP contribution in [0.5, 0.6) is 0 Å². The van der Waals surface area contributed by atoms with Crippen molar-refractivity contribution in [1.82, 2.24) is 5.32 Å². The minimum Gasteiger partial charge on any atom is -0.306 e. The molecule has 0 aliphatic rings. The lowest BCUT2D eigenvalue weighted by Crippen LogP contribution is -2.22. The highest BCUT2D eigenvalue weighted by atomic mass is 79.9. The largest absolute Gasteiger partial charge is 0.306 e. The van der Waals surface area contributed by atoms with Crippen molar-refractivity contribution < 1.29 is 0 Å². The van der Waals surface area contributed by atoms with Gasteiger partial charge >= 0.3 is 0 Å². The summed E-state index contributed by atoms with van der Waals surface area (Å²) in [6.07, 6.45) is 0. The summed E-state index contributed by atoms with van der Waals surface area (Å²) >= 11 is 19.5. The predicted molar refractivity (Wildman–Crippen MR) is 93.8 cm³/mol. The van der Waals surface area contributed by atoms with Gasteiger partial charge < -0.3 is 5.32 Å². The summed E-state index contributed by atoms with van der Waals surface area (Å²) in [6.45, 7) is 2.90. The average molecular weight is 438 g/mol. The molecular formula is C15H13Br2Cl2N. The molecule has 0 aliphatic carbocycles. The number of halogens is 4. The van der Waals surface area contributed by atoms with E-state index in [1.807, 2.05) is 24.3 Å². The highest BCUT2D eigenvalue weighted by molar-refractivity contribution is 9.11. The van der Waals surface area contributed by atoms with E-state index in [0.29, 0.717) is 10.0 Å². The van der Waals surface area contributed by atoms with Crippen LogP contribution in [0.2, 0.25) is 10.0 Å². The Hall–Kier alpha value is -0.0600. The minimum absolute atomic E-state index is 0.00586. The van der Waals surface area contributed by atoms with E-state index in [4.69, 9.17) is 23.2 Å². The molecule has 0 radical (unpaired) electrons. The van der Waals surface area contributed by atoms with Gasteiger partial charge in [0.1, 0.15) is 0 Å². The van der Waals surface area contributed by atoms with Gasteiger partial charge in [-0.15, -0.1) is 0 Å². The predicted octanol–water partition coefficient (Wildman–Crippen LogP) is 6.22. The van der Waals surface area contributed by atoms with Gasteiger partial charge in [-0.1, -0.05) is 68.1 Å². The van der Waals surface area contributed by atoms with E-state index < -0.39 is 0 Å². The van der Waals surface area contributed by atoms with E-state index in [2.05, 4.69) is 50.2 Å². The molecule has 106 valence electrons. The molecule has 0 saturated heterocycles. The quantitative estimate of drug-likeness (QED) is 0.598. The van der Waals surface area contributed by atoms with Crippen molar-refractivity contribution in [3.05, 3.63) is 66.5 Å². The van der Waals surface area contributed by atoms with Gasteiger partial charge in [-0.25, -0.2) is 0 Å². The Kier molecular flexibility index (Phi) is 5.94. The molecule has 1 unspecified atom stereocenters. The molecule has 1 nitrogen and oxygen atoms in total. The number of hydrogen-bond acceptors (Lipinski definition) is 1. The molecule has 2 aromatic rings. The van der Waals surface area contributed by atoms with Crippen LogP contribution in [0.3, 0.4) is 0 Å². The Labute approximate surface area is 145 Å². The number of hydrogen-bond donors (Lipinski definition) is 1. The third kappa shape index (κ3) is 3.77. The Morgan fingerprint density at radius 1 is 1.05 bits per heavy atom. The van der Waals surface area contributed by atoms with Crippen LogP contribution in [-0.2, 0) is 0 Å². The Balaban J connectivity index is 2.53. The van der Waals surface area contributed by atoms with E-state index in [1.165, 1.54) is 0 Å². The summed E-state index contributed by atoms with van der Waals surface area (Å²) < 4.78 is 2.05. The van der Waals surface area contributed by atoms with Gasteiger partial charge in [-0.05, 0) is 48.0 Å². The van der Waals surface area contributed by atoms with Gasteiger partial charge in [0.15, 0.2) is 0 Å². The summed E-state index contributed by atoms with van der Waals surface area (Å²) in [5.74, 6) is 0. The molecule has 0 bridgehead atoms. The second kappa shape index (κ2) is 7.28. The van der Waals surface area contributed by atoms with Crippen molar-refractivity contribution >= 4 is 55.1 Å². The lowest BCUT2D eigenvalue weighted by atomic mass is 9.98. The molecule has 0 heterocycles. The first-order valence-corrected chi connectivity index (χ1v) is 8.50. The molecule has 0 aliphatic heterocycles. The molecule has 2 aromatic carbocycles. The maximum atomic E-state index is 6.34. The third-order valence-corrected chi connectivity index (χ3v) is 4.71. The highest BCUT2D eigenvalue weighted by Gasteiger charge is 2.19. The zero-order chi connectivity index (χ0) is 14.7. The van der Waals surface area contributed by atoms with Crippen molar-refractivity contribution in [2.75, 3.05) is 6.54 Å². The number of nitrogens with one attached hydrogen (secondary N) is 1. The second-order valence-electron chi connectivity index (χ2n) is 4.32. The Morgan fingerprint density at radius 3 is 2.45 bits per heavy atom. The first kappa shape index (κ1) is 16.3. The smallest absolute Gasteiger partial charge is 0.0603 e. The van der Waals surface area contributed by atoms with E-state index in [9.17, 15) is 0 Å². The molecule has 0 saturated carbocycles. The van der Waals surface area contributed by atoms with Gasteiger partial charge in [0.25, 0.3) is 0 Å². The molecule has 1 N–H and O–H groups in total. The first-order chi connectivity index (χ1) is 9.52. The van der Waals surface area contributed by atoms with Gasteiger partial charge in [0, 0.05) is 19.0 Å². The van der Waals surface area contributed by atoms with E-state index in [1.54, 1.807) is 6.07 Å². The van der Waals surface area contributed by atoms with Crippen LogP contribution in [0.25, 0.3) is 0 Å². The summed E-state index contributed by atoms with van der Waals surface area (Å²) in [7, 11) is 0. The van der Waals surface area contributed by atoms with Gasteiger partial charge in [0.05, 0.1) is 6.04 Å². The van der Waals surface area contributed by atoms with Crippen LogP contribution in [0.4, 0.5) is 0 Å². The molecule has 1 atom stereocenters. The van der Waals surface area contributed by atoms with Crippen LogP contribution >= 0.6 is 55.1 Å². The molecule has 0 fully saturated rings. The number of rotatable bonds is 4. The minimum atomic E-state index is -0.00586. The Morgan fingerprint density at radius 2 is 1.80 bits per heavy atom. The molecule has 2 rings (SSSR count). The summed E-state index contributed by atoms with van der Waals surface area (Å²) in [5, 5.41) is 4.84. The molecule has 0 spiro atoms. The molecule has 20 heavy (non-hydrogen) atoms. The fraction of sp³-hybridized carbons (Fsp3) is 0.200. The van der Waals surface area contributed by atoms with Gasteiger partial charge in [-0.2, -0.15) is 0 Å². The van der Waals surface area contributed by atoms with Crippen LogP contribution < -0.4 is 5.32 Å². The molecule has 0 aromatic heterocycles. The monoisotopic (exact) mass is 435 g/mol. The van der Waals surface area contributed by atoms with Crippen LogP contribution in [0.15, 0.2) is 45.3 Å². The van der Waals surface area contributed by atoms with Gasteiger partial charge in [0.2, 0.25) is 0 Å². The average Bonchev–Trinajstić information content (AvgIpc) is 2.40. The Bertz CT molecular complexity index is 617. The highest BCUT2D eigenvalue weighted by Crippen LogP contribution is 2.35. The van der Waals surface area contributed by atoms with Crippen LogP contribution in [0.1, 0.15) is 24.1 Å². The van der Waals surface area contributed by atoms with Crippen molar-refractivity contribution in [1.29, 1.82) is 0 Å². The summed E-state index contributed by atoms with van der Waals surface area (Å²) in [5.41, 5.74) is 2.10. The maximum Gasteiger partial charge on any atom is 0.0603 e. The fourth-order valence-corrected chi connectivity index (χ4v) is 3.75. The van der Waals surface area contributed by atoms with Crippen molar-refractivity contribution in [3.8, 4) is 0 Å². The SMILES string of the molecule is CCNC(c1cc(Cl)ccc1Cl)c1ccc(Br)cc1Br. The number of benzene rings is 2. The summed E-state index contributed by atoms with van der Waals surface area (Å²) in [6, 6.07) is 11.6. The lowest BCUT2D eigenvalue weighted by Gasteiger charge is -2.22. The van der Waals surface area contributed by atoms with Gasteiger partial charge in [-0.3, -0.25) is 0 Å². The summed E-state index contributed by atoms with van der Waals surface area (Å²) in [4.78, 5) is 0. The van der Waals surface area contributed by atoms with E-state index >= 15 is 0 Å².